The van der Waals surface area contributed by atoms with E-state index in [1.54, 1.807) is 15.8 Å². The molecule has 0 heterocycles. The van der Waals surface area contributed by atoms with Crippen molar-refractivity contribution in [1.29, 1.82) is 0 Å². The van der Waals surface area contributed by atoms with Crippen LogP contribution in [-0.2, 0) is 0 Å². The van der Waals surface area contributed by atoms with E-state index in [9.17, 15) is 0 Å². The zero-order valence-corrected chi connectivity index (χ0v) is 8.97. The van der Waals surface area contributed by atoms with Gasteiger partial charge in [0.25, 0.3) is 0 Å². The Labute approximate surface area is 62.2 Å². The van der Waals surface area contributed by atoms with Crippen molar-refractivity contribution >= 4 is 25.6 Å². The summed E-state index contributed by atoms with van der Waals surface area (Å²) in [6.45, 7) is 7.11. The van der Waals surface area contributed by atoms with Gasteiger partial charge < -0.3 is 0 Å². The molecule has 0 aliphatic heterocycles. The van der Waals surface area contributed by atoms with E-state index in [1.165, 1.54) is 0 Å². The third-order valence-electron chi connectivity index (χ3n) is 1.85. The van der Waals surface area contributed by atoms with Gasteiger partial charge in [0.05, 0.1) is 0 Å². The molecule has 0 bridgehead atoms. The number of rotatable bonds is 4. The van der Waals surface area contributed by atoms with E-state index in [0.29, 0.717) is 13.3 Å². The summed E-state index contributed by atoms with van der Waals surface area (Å²) in [5.41, 5.74) is 0. The minimum absolute atomic E-state index is 0.0532. The molecule has 0 N–H and O–H groups in total. The van der Waals surface area contributed by atoms with Gasteiger partial charge in [0.15, 0.2) is 25.6 Å². The molecule has 0 aromatic carbocycles. The third kappa shape index (κ3) is 4.00. The van der Waals surface area contributed by atoms with E-state index in [1.807, 2.05) is 0 Å². The highest BCUT2D eigenvalue weighted by molar-refractivity contribution is 7.12. The molecule has 0 nitrogen and oxygen atoms in total. The lowest BCUT2D eigenvalue weighted by Gasteiger charge is -1.98. The number of hydrogen-bond acceptors (Lipinski definition) is 0. The predicted octanol–water partition coefficient (Wildman–Crippen LogP) is 1.89. The summed E-state index contributed by atoms with van der Waals surface area (Å²) in [4.78, 5) is 0. The second-order valence-corrected chi connectivity index (χ2v) is 12.6. The first kappa shape index (κ1) is 9.06. The maximum absolute atomic E-state index is 2.38. The quantitative estimate of drug-likeness (QED) is 0.526. The summed E-state index contributed by atoms with van der Waals surface area (Å²) in [6, 6.07) is 0. The molecule has 0 aromatic heterocycles. The molecule has 0 atom stereocenters. The van der Waals surface area contributed by atoms with Gasteiger partial charge in [0, 0.05) is 0 Å². The van der Waals surface area contributed by atoms with Crippen molar-refractivity contribution in [3.8, 4) is 0 Å². The van der Waals surface area contributed by atoms with Crippen LogP contribution in [0.2, 0.25) is 15.8 Å². The fourth-order valence-corrected chi connectivity index (χ4v) is 8.21. The van der Waals surface area contributed by atoms with Crippen molar-refractivity contribution in [2.24, 2.45) is 0 Å². The van der Waals surface area contributed by atoms with E-state index in [2.05, 4.69) is 20.8 Å². The van der Waals surface area contributed by atoms with Crippen LogP contribution in [0.1, 0.15) is 20.8 Å². The summed E-state index contributed by atoms with van der Waals surface area (Å²) in [5, 5.41) is 4.69. The molecule has 0 saturated carbocycles. The van der Waals surface area contributed by atoms with Crippen molar-refractivity contribution in [3.63, 3.8) is 0 Å². The van der Waals surface area contributed by atoms with E-state index >= 15 is 0 Å². The van der Waals surface area contributed by atoms with E-state index in [4.69, 9.17) is 0 Å². The monoisotopic (exact) mass is 142 g/mol. The van der Waals surface area contributed by atoms with Crippen LogP contribution in [0.4, 0.5) is 0 Å². The second-order valence-electron chi connectivity index (χ2n) is 2.47. The maximum Gasteiger partial charge on any atom is 0.193 e. The molecule has 0 saturated heterocycles. The van der Waals surface area contributed by atoms with Crippen molar-refractivity contribution in [2.75, 3.05) is 0 Å². The predicted molar refractivity (Wildman–Crippen MR) is 44.3 cm³/mol. The van der Waals surface area contributed by atoms with Crippen LogP contribution in [0, 0.1) is 0 Å². The molecule has 46 valence electrons. The molecule has 0 amide bonds. The molecule has 0 aromatic rings. The highest BCUT2D eigenvalue weighted by Gasteiger charge is 2.09. The minimum Gasteiger partial charge on any atom is -0.111 e. The molecule has 8 heavy (non-hydrogen) atoms. The maximum atomic E-state index is 2.38. The van der Waals surface area contributed by atoms with Gasteiger partial charge in [-0.2, -0.15) is 0 Å². The first-order valence-electron chi connectivity index (χ1n) is 3.85. The van der Waals surface area contributed by atoms with Crippen molar-refractivity contribution in [3.05, 3.63) is 0 Å². The Morgan fingerprint density at radius 3 is 1.75 bits per heavy atom. The first-order valence-corrected chi connectivity index (χ1v) is 9.75. The molecular formula is C6H16Al2. The molecule has 0 fully saturated rings. The van der Waals surface area contributed by atoms with Crippen LogP contribution >= 0.6 is 0 Å². The number of hydrogen-bond donors (Lipinski definition) is 0. The average molecular weight is 142 g/mol. The summed E-state index contributed by atoms with van der Waals surface area (Å²) in [5.74, 6) is 0. The fourth-order valence-electron chi connectivity index (χ4n) is 1.11. The molecule has 2 heteroatoms. The van der Waals surface area contributed by atoms with Gasteiger partial charge in [-0.15, -0.1) is 15.8 Å². The van der Waals surface area contributed by atoms with E-state index in [0.717, 1.165) is 0 Å². The zero-order chi connectivity index (χ0) is 6.41. The van der Waals surface area contributed by atoms with Crippen LogP contribution < -0.4 is 0 Å². The van der Waals surface area contributed by atoms with Gasteiger partial charge in [-0.05, 0) is 0 Å². The zero-order valence-electron chi connectivity index (χ0n) is 6.41. The van der Waals surface area contributed by atoms with Crippen molar-refractivity contribution in [1.82, 2.24) is 0 Å². The standard InChI is InChI=1S/3C2H5.2Al.H/c3*1-2;;;/h3*1H2,2H3;;;. The van der Waals surface area contributed by atoms with Crippen LogP contribution in [-0.4, -0.2) is 25.6 Å². The normalized spacial score (nSPS) is 8.88. The largest absolute Gasteiger partial charge is 0.193 e. The molecule has 0 aliphatic rings. The van der Waals surface area contributed by atoms with Crippen LogP contribution in [0.15, 0.2) is 0 Å². The Kier molecular flexibility index (Phi) is 7.01. The lowest BCUT2D eigenvalue weighted by atomic mass is 10.9. The Morgan fingerprint density at radius 2 is 1.62 bits per heavy atom. The fraction of sp³-hybridized carbons (Fsp3) is 1.00. The highest BCUT2D eigenvalue weighted by atomic mass is 28.1. The van der Waals surface area contributed by atoms with Gasteiger partial charge in [-0.1, -0.05) is 20.8 Å². The van der Waals surface area contributed by atoms with Crippen molar-refractivity contribution < 1.29 is 0 Å². The van der Waals surface area contributed by atoms with Gasteiger partial charge in [0.2, 0.25) is 0 Å². The molecule has 0 unspecified atom stereocenters. The Hall–Kier alpha value is 1.06. The summed E-state index contributed by atoms with van der Waals surface area (Å²) in [6.07, 6.45) is 0. The van der Waals surface area contributed by atoms with E-state index < -0.39 is 0 Å². The summed E-state index contributed by atoms with van der Waals surface area (Å²) in [7, 11) is 0. The molecule has 0 rings (SSSR count). The van der Waals surface area contributed by atoms with Gasteiger partial charge in [-0.3, -0.25) is 0 Å². The average Bonchev–Trinajstić information content (AvgIpc) is 1.83. The summed E-state index contributed by atoms with van der Waals surface area (Å²) < 4.78 is 0. The highest BCUT2D eigenvalue weighted by Crippen LogP contribution is 1.96. The Balaban J connectivity index is 3.07. The van der Waals surface area contributed by atoms with Gasteiger partial charge >= 0.3 is 0 Å². The smallest absolute Gasteiger partial charge is 0.111 e. The van der Waals surface area contributed by atoms with Crippen molar-refractivity contribution in [2.45, 2.75) is 36.6 Å². The second kappa shape index (κ2) is 6.19. The SMILES string of the molecule is C[CH2][AlH][Al]([CH2]C)[CH2]C. The molecular weight excluding hydrogens is 126 g/mol. The summed E-state index contributed by atoms with van der Waals surface area (Å²) >= 11 is 0.421. The molecule has 0 spiro atoms. The van der Waals surface area contributed by atoms with Gasteiger partial charge in [-0.25, -0.2) is 0 Å². The lowest BCUT2D eigenvalue weighted by molar-refractivity contribution is 1.34. The lowest BCUT2D eigenvalue weighted by Crippen LogP contribution is -2.18. The third-order valence-corrected chi connectivity index (χ3v) is 13.2. The minimum atomic E-state index is -0.0532. The molecule has 0 radical (unpaired) electrons. The van der Waals surface area contributed by atoms with Crippen LogP contribution in [0.25, 0.3) is 0 Å². The van der Waals surface area contributed by atoms with Crippen LogP contribution in [0.5, 0.6) is 0 Å². The topological polar surface area (TPSA) is 0 Å². The van der Waals surface area contributed by atoms with Crippen LogP contribution in [0.3, 0.4) is 0 Å². The van der Waals surface area contributed by atoms with Gasteiger partial charge in [0.1, 0.15) is 0 Å². The Bertz CT molecular complexity index is 41.8. The molecule has 0 aliphatic carbocycles. The van der Waals surface area contributed by atoms with E-state index in [-0.39, 0.29) is 12.2 Å². The Morgan fingerprint density at radius 1 is 1.12 bits per heavy atom. The first-order chi connectivity index (χ1) is 3.85.